The van der Waals surface area contributed by atoms with Gasteiger partial charge in [0.2, 0.25) is 0 Å². The average Bonchev–Trinajstić information content (AvgIpc) is 2.44. The molecule has 1 aromatic heterocycles. The number of thiophene rings is 1. The summed E-state index contributed by atoms with van der Waals surface area (Å²) in [6.45, 7) is 0. The Morgan fingerprint density at radius 1 is 1.62 bits per heavy atom. The minimum absolute atomic E-state index is 0.0509. The zero-order valence-electron chi connectivity index (χ0n) is 7.12. The van der Waals surface area contributed by atoms with Gasteiger partial charge in [0.15, 0.2) is 0 Å². The SMILES string of the molecule is O=C(NC1CCC1)c1cc(S)cs1. The van der Waals surface area contributed by atoms with E-state index in [0.717, 1.165) is 22.6 Å². The van der Waals surface area contributed by atoms with E-state index in [9.17, 15) is 4.79 Å². The molecule has 1 fully saturated rings. The fourth-order valence-electron chi connectivity index (χ4n) is 1.25. The van der Waals surface area contributed by atoms with Crippen LogP contribution in [0.4, 0.5) is 0 Å². The third kappa shape index (κ3) is 2.06. The Labute approximate surface area is 86.8 Å². The molecule has 0 unspecified atom stereocenters. The van der Waals surface area contributed by atoms with Gasteiger partial charge in [-0.25, -0.2) is 0 Å². The molecule has 1 N–H and O–H groups in total. The number of amides is 1. The first-order valence-corrected chi connectivity index (χ1v) is 5.67. The Balaban J connectivity index is 1.96. The highest BCUT2D eigenvalue weighted by molar-refractivity contribution is 7.80. The highest BCUT2D eigenvalue weighted by atomic mass is 32.1. The quantitative estimate of drug-likeness (QED) is 0.725. The molecule has 1 aliphatic carbocycles. The van der Waals surface area contributed by atoms with Crippen molar-refractivity contribution in [2.75, 3.05) is 0 Å². The molecule has 13 heavy (non-hydrogen) atoms. The molecule has 0 radical (unpaired) electrons. The van der Waals surface area contributed by atoms with Crippen LogP contribution in [0.15, 0.2) is 16.3 Å². The summed E-state index contributed by atoms with van der Waals surface area (Å²) in [5.74, 6) is 0.0509. The molecule has 1 aromatic rings. The molecule has 0 aromatic carbocycles. The van der Waals surface area contributed by atoms with E-state index in [1.54, 1.807) is 0 Å². The molecule has 0 bridgehead atoms. The summed E-state index contributed by atoms with van der Waals surface area (Å²) in [5.41, 5.74) is 0. The summed E-state index contributed by atoms with van der Waals surface area (Å²) in [6.07, 6.45) is 3.50. The minimum Gasteiger partial charge on any atom is -0.349 e. The molecule has 1 heterocycles. The van der Waals surface area contributed by atoms with Gasteiger partial charge in [-0.1, -0.05) is 0 Å². The molecule has 70 valence electrons. The molecule has 0 atom stereocenters. The summed E-state index contributed by atoms with van der Waals surface area (Å²) in [5, 5.41) is 4.86. The minimum atomic E-state index is 0.0509. The van der Waals surface area contributed by atoms with Gasteiger partial charge in [0.1, 0.15) is 0 Å². The predicted octanol–water partition coefficient (Wildman–Crippen LogP) is 2.32. The zero-order chi connectivity index (χ0) is 9.26. The Hall–Kier alpha value is -0.480. The van der Waals surface area contributed by atoms with Crippen LogP contribution in [0.25, 0.3) is 0 Å². The second-order valence-corrected chi connectivity index (χ2v) is 4.70. The first-order valence-electron chi connectivity index (χ1n) is 4.34. The van der Waals surface area contributed by atoms with Gasteiger partial charge in [0.25, 0.3) is 5.91 Å². The standard InChI is InChI=1S/C9H11NOS2/c11-9(10-6-2-1-3-6)8-4-7(12)5-13-8/h4-6,12H,1-3H2,(H,10,11). The molecular formula is C9H11NOS2. The van der Waals surface area contributed by atoms with Gasteiger partial charge in [0, 0.05) is 16.3 Å². The number of thiol groups is 1. The molecule has 4 heteroatoms. The molecule has 1 aliphatic rings. The Bertz CT molecular complexity index is 317. The highest BCUT2D eigenvalue weighted by Crippen LogP contribution is 2.21. The Kier molecular flexibility index (Phi) is 2.60. The van der Waals surface area contributed by atoms with Crippen LogP contribution in [0, 0.1) is 0 Å². The lowest BCUT2D eigenvalue weighted by molar-refractivity contribution is 0.0921. The molecule has 1 amide bonds. The summed E-state index contributed by atoms with van der Waals surface area (Å²) in [7, 11) is 0. The average molecular weight is 213 g/mol. The van der Waals surface area contributed by atoms with Gasteiger partial charge in [0.05, 0.1) is 4.88 Å². The fraction of sp³-hybridized carbons (Fsp3) is 0.444. The van der Waals surface area contributed by atoms with Gasteiger partial charge in [-0.3, -0.25) is 4.79 Å². The van der Waals surface area contributed by atoms with Gasteiger partial charge in [-0.15, -0.1) is 24.0 Å². The van der Waals surface area contributed by atoms with Crippen LogP contribution in [0.1, 0.15) is 28.9 Å². The molecule has 0 saturated heterocycles. The Morgan fingerprint density at radius 2 is 2.38 bits per heavy atom. The van der Waals surface area contributed by atoms with Crippen molar-refractivity contribution in [3.63, 3.8) is 0 Å². The van der Waals surface area contributed by atoms with E-state index in [1.807, 2.05) is 11.4 Å². The summed E-state index contributed by atoms with van der Waals surface area (Å²) >= 11 is 5.60. The maximum absolute atomic E-state index is 11.5. The van der Waals surface area contributed by atoms with Crippen LogP contribution in [-0.2, 0) is 0 Å². The van der Waals surface area contributed by atoms with Crippen LogP contribution in [0.5, 0.6) is 0 Å². The van der Waals surface area contributed by atoms with Crippen molar-refractivity contribution in [1.82, 2.24) is 5.32 Å². The van der Waals surface area contributed by atoms with E-state index in [4.69, 9.17) is 0 Å². The van der Waals surface area contributed by atoms with Crippen LogP contribution < -0.4 is 5.32 Å². The predicted molar refractivity (Wildman–Crippen MR) is 56.7 cm³/mol. The molecule has 2 nitrogen and oxygen atoms in total. The van der Waals surface area contributed by atoms with E-state index in [1.165, 1.54) is 17.8 Å². The van der Waals surface area contributed by atoms with Crippen molar-refractivity contribution in [3.05, 3.63) is 16.3 Å². The number of rotatable bonds is 2. The van der Waals surface area contributed by atoms with Crippen LogP contribution in [0.3, 0.4) is 0 Å². The summed E-state index contributed by atoms with van der Waals surface area (Å²) < 4.78 is 0. The summed E-state index contributed by atoms with van der Waals surface area (Å²) in [6, 6.07) is 2.22. The molecule has 0 aliphatic heterocycles. The summed E-state index contributed by atoms with van der Waals surface area (Å²) in [4.78, 5) is 13.2. The van der Waals surface area contributed by atoms with Gasteiger partial charge < -0.3 is 5.32 Å². The number of carbonyl (C=O) groups is 1. The van der Waals surface area contributed by atoms with Gasteiger partial charge >= 0.3 is 0 Å². The van der Waals surface area contributed by atoms with Gasteiger partial charge in [-0.05, 0) is 25.3 Å². The molecular weight excluding hydrogens is 202 g/mol. The lowest BCUT2D eigenvalue weighted by atomic mass is 9.93. The third-order valence-corrected chi connectivity index (χ3v) is 3.61. The first-order chi connectivity index (χ1) is 6.25. The van der Waals surface area contributed by atoms with Crippen molar-refractivity contribution >= 4 is 29.9 Å². The van der Waals surface area contributed by atoms with Crippen molar-refractivity contribution in [2.45, 2.75) is 30.2 Å². The van der Waals surface area contributed by atoms with E-state index < -0.39 is 0 Å². The van der Waals surface area contributed by atoms with E-state index >= 15 is 0 Å². The van der Waals surface area contributed by atoms with Crippen molar-refractivity contribution in [2.24, 2.45) is 0 Å². The lowest BCUT2D eigenvalue weighted by Crippen LogP contribution is -2.39. The van der Waals surface area contributed by atoms with Gasteiger partial charge in [-0.2, -0.15) is 0 Å². The maximum Gasteiger partial charge on any atom is 0.261 e. The molecule has 2 rings (SSSR count). The second kappa shape index (κ2) is 3.72. The van der Waals surface area contributed by atoms with Crippen LogP contribution in [-0.4, -0.2) is 11.9 Å². The molecule has 1 saturated carbocycles. The third-order valence-electron chi connectivity index (χ3n) is 2.25. The number of hydrogen-bond donors (Lipinski definition) is 2. The second-order valence-electron chi connectivity index (χ2n) is 3.27. The maximum atomic E-state index is 11.5. The number of carbonyl (C=O) groups excluding carboxylic acids is 1. The lowest BCUT2D eigenvalue weighted by Gasteiger charge is -2.25. The van der Waals surface area contributed by atoms with E-state index in [0.29, 0.717) is 6.04 Å². The van der Waals surface area contributed by atoms with E-state index in [-0.39, 0.29) is 5.91 Å². The largest absolute Gasteiger partial charge is 0.349 e. The van der Waals surface area contributed by atoms with Crippen molar-refractivity contribution in [1.29, 1.82) is 0 Å². The van der Waals surface area contributed by atoms with Crippen LogP contribution >= 0.6 is 24.0 Å². The van der Waals surface area contributed by atoms with Crippen LogP contribution in [0.2, 0.25) is 0 Å². The zero-order valence-corrected chi connectivity index (χ0v) is 8.83. The first kappa shape index (κ1) is 9.09. The van der Waals surface area contributed by atoms with E-state index in [2.05, 4.69) is 17.9 Å². The Morgan fingerprint density at radius 3 is 2.85 bits per heavy atom. The number of nitrogens with one attached hydrogen (secondary N) is 1. The fourth-order valence-corrected chi connectivity index (χ4v) is 2.31. The molecule has 0 spiro atoms. The van der Waals surface area contributed by atoms with Crippen molar-refractivity contribution < 1.29 is 4.79 Å². The monoisotopic (exact) mass is 213 g/mol. The highest BCUT2D eigenvalue weighted by Gasteiger charge is 2.20. The smallest absolute Gasteiger partial charge is 0.261 e. The van der Waals surface area contributed by atoms with Crippen molar-refractivity contribution in [3.8, 4) is 0 Å². The number of hydrogen-bond acceptors (Lipinski definition) is 3. The topological polar surface area (TPSA) is 29.1 Å². The normalized spacial score (nSPS) is 16.7.